The van der Waals surface area contributed by atoms with E-state index in [0.29, 0.717) is 35.0 Å². The number of carbonyl (C=O) groups excluding carboxylic acids is 1. The molecule has 2 rings (SSSR count). The Morgan fingerprint density at radius 2 is 1.89 bits per heavy atom. The molecule has 2 aromatic carbocycles. The van der Waals surface area contributed by atoms with Crippen LogP contribution < -0.4 is 14.8 Å². The van der Waals surface area contributed by atoms with E-state index in [1.807, 2.05) is 0 Å². The summed E-state index contributed by atoms with van der Waals surface area (Å²) in [7, 11) is -3.76. The molecule has 0 aliphatic heterocycles. The number of ether oxygens (including phenoxy) is 1. The van der Waals surface area contributed by atoms with Gasteiger partial charge in [0.25, 0.3) is 15.9 Å². The van der Waals surface area contributed by atoms with E-state index >= 15 is 0 Å². The van der Waals surface area contributed by atoms with Crippen LogP contribution in [0.1, 0.15) is 12.0 Å². The first kappa shape index (κ1) is 21.0. The zero-order valence-electron chi connectivity index (χ0n) is 14.7. The van der Waals surface area contributed by atoms with E-state index in [1.165, 1.54) is 18.2 Å². The Kier molecular flexibility index (Phi) is 7.46. The van der Waals surface area contributed by atoms with Crippen LogP contribution in [0.15, 0.2) is 47.4 Å². The summed E-state index contributed by atoms with van der Waals surface area (Å²) in [6.45, 7) is 1.87. The van der Waals surface area contributed by atoms with Crippen molar-refractivity contribution in [3.8, 4) is 5.75 Å². The Bertz CT molecular complexity index is 885. The summed E-state index contributed by atoms with van der Waals surface area (Å²) in [6, 6.07) is 10.7. The van der Waals surface area contributed by atoms with Gasteiger partial charge in [-0.05, 0) is 61.4 Å². The number of hydrogen-bond donors (Lipinski definition) is 3. The van der Waals surface area contributed by atoms with Crippen molar-refractivity contribution in [3.05, 3.63) is 53.1 Å². The number of hydrogen-bond acceptors (Lipinski definition) is 5. The SMILES string of the molecule is Cc1cc(S(=O)(=O)Nc2ccc(Cl)cc2)ccc1OCC(=O)NCCCO. The summed E-state index contributed by atoms with van der Waals surface area (Å²) in [5, 5.41) is 11.8. The van der Waals surface area contributed by atoms with Gasteiger partial charge in [0.1, 0.15) is 5.75 Å². The number of benzene rings is 2. The first-order chi connectivity index (χ1) is 12.8. The molecule has 27 heavy (non-hydrogen) atoms. The fourth-order valence-corrected chi connectivity index (χ4v) is 3.45. The molecule has 3 N–H and O–H groups in total. The molecule has 146 valence electrons. The van der Waals surface area contributed by atoms with Crippen LogP contribution in [0.3, 0.4) is 0 Å². The third-order valence-electron chi connectivity index (χ3n) is 3.57. The largest absolute Gasteiger partial charge is 0.484 e. The molecule has 0 unspecified atom stereocenters. The highest BCUT2D eigenvalue weighted by molar-refractivity contribution is 7.92. The van der Waals surface area contributed by atoms with Crippen LogP contribution in [0.4, 0.5) is 5.69 Å². The number of halogens is 1. The Morgan fingerprint density at radius 1 is 1.19 bits per heavy atom. The van der Waals surface area contributed by atoms with Crippen molar-refractivity contribution in [1.82, 2.24) is 5.32 Å². The van der Waals surface area contributed by atoms with Gasteiger partial charge in [0.05, 0.1) is 4.90 Å². The monoisotopic (exact) mass is 412 g/mol. The first-order valence-corrected chi connectivity index (χ1v) is 10.1. The highest BCUT2D eigenvalue weighted by Crippen LogP contribution is 2.24. The van der Waals surface area contributed by atoms with Crippen LogP contribution in [0, 0.1) is 6.92 Å². The van der Waals surface area contributed by atoms with Crippen molar-refractivity contribution < 1.29 is 23.1 Å². The van der Waals surface area contributed by atoms with E-state index in [4.69, 9.17) is 21.4 Å². The van der Waals surface area contributed by atoms with E-state index in [1.54, 1.807) is 31.2 Å². The third-order valence-corrected chi connectivity index (χ3v) is 5.20. The van der Waals surface area contributed by atoms with E-state index in [0.717, 1.165) is 0 Å². The molecule has 2 aromatic rings. The fourth-order valence-electron chi connectivity index (χ4n) is 2.18. The highest BCUT2D eigenvalue weighted by Gasteiger charge is 2.16. The van der Waals surface area contributed by atoms with Crippen LogP contribution in [0.25, 0.3) is 0 Å². The molecule has 1 amide bonds. The lowest BCUT2D eigenvalue weighted by Gasteiger charge is -2.12. The third kappa shape index (κ3) is 6.42. The predicted octanol–water partition coefficient (Wildman–Crippen LogP) is 2.33. The number of anilines is 1. The highest BCUT2D eigenvalue weighted by atomic mass is 35.5. The average molecular weight is 413 g/mol. The molecule has 0 aromatic heterocycles. The minimum atomic E-state index is -3.76. The van der Waals surface area contributed by atoms with Crippen molar-refractivity contribution in [2.24, 2.45) is 0 Å². The van der Waals surface area contributed by atoms with E-state index in [2.05, 4.69) is 10.0 Å². The lowest BCUT2D eigenvalue weighted by molar-refractivity contribution is -0.123. The van der Waals surface area contributed by atoms with Gasteiger partial charge in [-0.3, -0.25) is 9.52 Å². The molecule has 0 fully saturated rings. The average Bonchev–Trinajstić information content (AvgIpc) is 2.62. The molecular weight excluding hydrogens is 392 g/mol. The second-order valence-electron chi connectivity index (χ2n) is 5.76. The molecule has 0 bridgehead atoms. The molecule has 0 atom stereocenters. The van der Waals surface area contributed by atoms with Crippen molar-refractivity contribution in [1.29, 1.82) is 0 Å². The molecule has 0 aliphatic rings. The molecule has 0 radical (unpaired) electrons. The molecule has 0 spiro atoms. The van der Waals surface area contributed by atoms with Gasteiger partial charge < -0.3 is 15.2 Å². The summed E-state index contributed by atoms with van der Waals surface area (Å²) in [5.74, 6) is 0.0988. The van der Waals surface area contributed by atoms with Crippen molar-refractivity contribution >= 4 is 33.2 Å². The summed E-state index contributed by atoms with van der Waals surface area (Å²) in [4.78, 5) is 11.7. The van der Waals surface area contributed by atoms with Crippen molar-refractivity contribution in [2.75, 3.05) is 24.5 Å². The summed E-state index contributed by atoms with van der Waals surface area (Å²) < 4.78 is 32.9. The number of carbonyl (C=O) groups is 1. The number of sulfonamides is 1. The van der Waals surface area contributed by atoms with E-state index < -0.39 is 10.0 Å². The van der Waals surface area contributed by atoms with Gasteiger partial charge in [-0.15, -0.1) is 0 Å². The van der Waals surface area contributed by atoms with Crippen LogP contribution in [0.5, 0.6) is 5.75 Å². The second kappa shape index (κ2) is 9.59. The second-order valence-corrected chi connectivity index (χ2v) is 7.87. The van der Waals surface area contributed by atoms with E-state index in [9.17, 15) is 13.2 Å². The maximum Gasteiger partial charge on any atom is 0.261 e. The van der Waals surface area contributed by atoms with Gasteiger partial charge in [-0.1, -0.05) is 11.6 Å². The van der Waals surface area contributed by atoms with Gasteiger partial charge in [0, 0.05) is 23.9 Å². The lowest BCUT2D eigenvalue weighted by Crippen LogP contribution is -2.30. The topological polar surface area (TPSA) is 105 Å². The molecule has 0 heterocycles. The molecule has 0 saturated heterocycles. The van der Waals surface area contributed by atoms with Crippen LogP contribution in [-0.4, -0.2) is 39.2 Å². The van der Waals surface area contributed by atoms with Gasteiger partial charge in [-0.25, -0.2) is 8.42 Å². The van der Waals surface area contributed by atoms with Crippen LogP contribution >= 0.6 is 11.6 Å². The van der Waals surface area contributed by atoms with Crippen molar-refractivity contribution in [2.45, 2.75) is 18.2 Å². The van der Waals surface area contributed by atoms with Gasteiger partial charge in [0.15, 0.2) is 6.61 Å². The maximum absolute atomic E-state index is 12.5. The Hall–Kier alpha value is -2.29. The zero-order chi connectivity index (χ0) is 19.9. The molecule has 9 heteroatoms. The Labute approximate surface area is 163 Å². The molecule has 0 aliphatic carbocycles. The molecular formula is C18H21ClN2O5S. The smallest absolute Gasteiger partial charge is 0.261 e. The quantitative estimate of drug-likeness (QED) is 0.548. The first-order valence-electron chi connectivity index (χ1n) is 8.21. The molecule has 0 saturated carbocycles. The van der Waals surface area contributed by atoms with Crippen LogP contribution in [0.2, 0.25) is 5.02 Å². The number of rotatable bonds is 9. The zero-order valence-corrected chi connectivity index (χ0v) is 16.3. The summed E-state index contributed by atoms with van der Waals surface area (Å²) >= 11 is 5.79. The fraction of sp³-hybridized carbons (Fsp3) is 0.278. The minimum Gasteiger partial charge on any atom is -0.484 e. The summed E-state index contributed by atoms with van der Waals surface area (Å²) in [6.07, 6.45) is 0.470. The van der Waals surface area contributed by atoms with Gasteiger partial charge in [-0.2, -0.15) is 0 Å². The normalized spacial score (nSPS) is 11.1. The Morgan fingerprint density at radius 3 is 2.52 bits per heavy atom. The number of aliphatic hydroxyl groups is 1. The Balaban J connectivity index is 2.02. The maximum atomic E-state index is 12.5. The van der Waals surface area contributed by atoms with Crippen molar-refractivity contribution in [3.63, 3.8) is 0 Å². The standard InChI is InChI=1S/C18H21ClN2O5S/c1-13-11-16(27(24,25)21-15-5-3-14(19)4-6-15)7-8-17(13)26-12-18(23)20-9-2-10-22/h3-8,11,21-22H,2,9-10,12H2,1H3,(H,20,23). The van der Waals surface area contributed by atoms with Gasteiger partial charge in [0.2, 0.25) is 0 Å². The molecule has 7 nitrogen and oxygen atoms in total. The summed E-state index contributed by atoms with van der Waals surface area (Å²) in [5.41, 5.74) is 0.981. The van der Waals surface area contributed by atoms with Crippen LogP contribution in [-0.2, 0) is 14.8 Å². The predicted molar refractivity (Wildman–Crippen MR) is 104 cm³/mol. The van der Waals surface area contributed by atoms with E-state index in [-0.39, 0.29) is 24.0 Å². The number of nitrogens with one attached hydrogen (secondary N) is 2. The number of aliphatic hydroxyl groups excluding tert-OH is 1. The lowest BCUT2D eigenvalue weighted by atomic mass is 10.2. The van der Waals surface area contributed by atoms with Gasteiger partial charge >= 0.3 is 0 Å². The number of amides is 1. The minimum absolute atomic E-state index is 0.000235. The number of aryl methyl sites for hydroxylation is 1.